The Hall–Kier alpha value is -2.62. The van der Waals surface area contributed by atoms with E-state index in [1.165, 1.54) is 0 Å². The molecule has 9 nitrogen and oxygen atoms in total. The molecule has 0 saturated carbocycles. The maximum Gasteiger partial charge on any atom is 0.266 e. The van der Waals surface area contributed by atoms with Crippen LogP contribution >= 0.6 is 23.2 Å². The Morgan fingerprint density at radius 3 is 2.55 bits per heavy atom. The Bertz CT molecular complexity index is 1480. The average molecular weight is 487 g/mol. The predicted octanol–water partition coefficient (Wildman–Crippen LogP) is 3.37. The Labute approximate surface area is 199 Å². The molecule has 0 unspecified atom stereocenters. The minimum Gasteiger partial charge on any atom is -0.336 e. The number of H-pyrrole nitrogens is 1. The molecule has 2 aliphatic heterocycles. The van der Waals surface area contributed by atoms with Gasteiger partial charge >= 0.3 is 0 Å². The minimum absolute atomic E-state index is 0.173. The third kappa shape index (κ3) is 2.95. The van der Waals surface area contributed by atoms with Gasteiger partial charge in [-0.25, -0.2) is 0 Å². The van der Waals surface area contributed by atoms with Gasteiger partial charge in [0.15, 0.2) is 5.65 Å². The highest BCUT2D eigenvalue weighted by atomic mass is 35.5. The van der Waals surface area contributed by atoms with Crippen LogP contribution < -0.4 is 16.2 Å². The zero-order valence-electron chi connectivity index (χ0n) is 18.6. The Morgan fingerprint density at radius 1 is 1.15 bits per heavy atom. The molecule has 3 atom stereocenters. The molecular weight excluding hydrogens is 463 g/mol. The van der Waals surface area contributed by atoms with Crippen molar-refractivity contribution < 1.29 is 0 Å². The predicted molar refractivity (Wildman–Crippen MR) is 130 cm³/mol. The van der Waals surface area contributed by atoms with Gasteiger partial charge in [0.1, 0.15) is 16.2 Å². The van der Waals surface area contributed by atoms with E-state index in [2.05, 4.69) is 27.1 Å². The monoisotopic (exact) mass is 486 g/mol. The Morgan fingerprint density at radius 2 is 1.85 bits per heavy atom. The fourth-order valence-electron chi connectivity index (χ4n) is 5.72. The van der Waals surface area contributed by atoms with Crippen molar-refractivity contribution in [3.05, 3.63) is 32.7 Å². The molecule has 3 aromatic heterocycles. The molecule has 3 N–H and O–H groups in total. The van der Waals surface area contributed by atoms with Gasteiger partial charge in [0, 0.05) is 37.3 Å². The second kappa shape index (κ2) is 6.94. The van der Waals surface area contributed by atoms with Crippen LogP contribution in [0.15, 0.2) is 16.9 Å². The van der Waals surface area contributed by atoms with E-state index >= 15 is 0 Å². The van der Waals surface area contributed by atoms with Crippen LogP contribution in [0.1, 0.15) is 32.6 Å². The molecule has 33 heavy (non-hydrogen) atoms. The number of hydrogen-bond acceptors (Lipinski definition) is 6. The molecule has 5 heterocycles. The lowest BCUT2D eigenvalue weighted by Crippen LogP contribution is -2.55. The van der Waals surface area contributed by atoms with Crippen molar-refractivity contribution >= 4 is 51.1 Å². The Kier molecular flexibility index (Phi) is 4.41. The number of hydrogen-bond donors (Lipinski definition) is 2. The number of fused-ring (bicyclic) bond motifs is 4. The molecule has 6 rings (SSSR count). The normalized spacial score (nSPS) is 25.0. The van der Waals surface area contributed by atoms with E-state index in [0.717, 1.165) is 25.7 Å². The van der Waals surface area contributed by atoms with Crippen LogP contribution in [0, 0.1) is 0 Å². The summed E-state index contributed by atoms with van der Waals surface area (Å²) in [5.74, 6) is 0.655. The summed E-state index contributed by atoms with van der Waals surface area (Å²) < 4.78 is 3.19. The smallest absolute Gasteiger partial charge is 0.266 e. The highest BCUT2D eigenvalue weighted by molar-refractivity contribution is 6.43. The summed E-state index contributed by atoms with van der Waals surface area (Å²) in [7, 11) is 3.52. The molecule has 2 aliphatic rings. The minimum atomic E-state index is -0.185. The van der Waals surface area contributed by atoms with E-state index in [1.807, 2.05) is 12.1 Å². The molecule has 11 heteroatoms. The summed E-state index contributed by atoms with van der Waals surface area (Å²) in [6.45, 7) is 2.11. The number of nitrogens with two attached hydrogens (primary N) is 1. The van der Waals surface area contributed by atoms with Crippen molar-refractivity contribution in [3.8, 4) is 11.3 Å². The topological polar surface area (TPSA) is 111 Å². The third-order valence-corrected chi connectivity index (χ3v) is 7.98. The number of rotatable bonds is 2. The van der Waals surface area contributed by atoms with E-state index in [1.54, 1.807) is 23.3 Å². The van der Waals surface area contributed by atoms with Crippen LogP contribution in [0.25, 0.3) is 33.2 Å². The lowest BCUT2D eigenvalue weighted by molar-refractivity contribution is 0.302. The first-order valence-electron chi connectivity index (χ1n) is 11.0. The van der Waals surface area contributed by atoms with Crippen molar-refractivity contribution in [2.45, 2.75) is 50.2 Å². The number of aryl methyl sites for hydroxylation is 1. The molecule has 172 valence electrons. The molecule has 2 bridgehead atoms. The number of piperidine rings is 1. The molecule has 0 aliphatic carbocycles. The number of aromatic amines is 1. The highest BCUT2D eigenvalue weighted by Crippen LogP contribution is 2.42. The quantitative estimate of drug-likeness (QED) is 0.449. The molecule has 2 saturated heterocycles. The van der Waals surface area contributed by atoms with Crippen LogP contribution in [-0.2, 0) is 14.1 Å². The van der Waals surface area contributed by atoms with Gasteiger partial charge in [0.25, 0.3) is 5.56 Å². The zero-order valence-corrected chi connectivity index (χ0v) is 20.1. The summed E-state index contributed by atoms with van der Waals surface area (Å²) in [5.41, 5.74) is 8.29. The summed E-state index contributed by atoms with van der Waals surface area (Å²) in [4.78, 5) is 20.7. The van der Waals surface area contributed by atoms with Gasteiger partial charge in [0.2, 0.25) is 5.95 Å². The first-order valence-corrected chi connectivity index (χ1v) is 11.8. The van der Waals surface area contributed by atoms with Gasteiger partial charge in [-0.2, -0.15) is 15.2 Å². The summed E-state index contributed by atoms with van der Waals surface area (Å²) in [6, 6.07) is 4.19. The van der Waals surface area contributed by atoms with Crippen molar-refractivity contribution in [1.29, 1.82) is 0 Å². The van der Waals surface area contributed by atoms with Crippen molar-refractivity contribution in [2.24, 2.45) is 19.8 Å². The van der Waals surface area contributed by atoms with Crippen molar-refractivity contribution in [3.63, 3.8) is 0 Å². The van der Waals surface area contributed by atoms with Gasteiger partial charge in [0.05, 0.1) is 15.9 Å². The van der Waals surface area contributed by atoms with Crippen molar-refractivity contribution in [2.75, 3.05) is 4.90 Å². The maximum absolute atomic E-state index is 13.6. The first kappa shape index (κ1) is 20.9. The summed E-state index contributed by atoms with van der Waals surface area (Å²) in [5, 5.41) is 13.6. The molecule has 0 spiro atoms. The lowest BCUT2D eigenvalue weighted by atomic mass is 9.86. The molecule has 1 aromatic carbocycles. The van der Waals surface area contributed by atoms with E-state index in [0.29, 0.717) is 49.3 Å². The van der Waals surface area contributed by atoms with Crippen LogP contribution in [0.5, 0.6) is 0 Å². The number of aromatic nitrogens is 6. The van der Waals surface area contributed by atoms with Crippen LogP contribution in [0.3, 0.4) is 0 Å². The third-order valence-electron chi connectivity index (χ3n) is 7.16. The van der Waals surface area contributed by atoms with E-state index in [-0.39, 0.29) is 23.2 Å². The second-order valence-electron chi connectivity index (χ2n) is 9.66. The number of benzene rings is 1. The van der Waals surface area contributed by atoms with Crippen LogP contribution in [-0.4, -0.2) is 47.2 Å². The molecular formula is C22H24Cl2N8O. The molecule has 0 radical (unpaired) electrons. The van der Waals surface area contributed by atoms with E-state index in [9.17, 15) is 4.79 Å². The van der Waals surface area contributed by atoms with E-state index in [4.69, 9.17) is 33.9 Å². The number of anilines is 1. The fourth-order valence-corrected chi connectivity index (χ4v) is 6.34. The van der Waals surface area contributed by atoms with Gasteiger partial charge in [-0.15, -0.1) is 0 Å². The zero-order chi connectivity index (χ0) is 23.2. The largest absolute Gasteiger partial charge is 0.336 e. The lowest BCUT2D eigenvalue weighted by Gasteiger charge is -2.43. The number of halogens is 2. The summed E-state index contributed by atoms with van der Waals surface area (Å²) in [6.07, 6.45) is 3.88. The van der Waals surface area contributed by atoms with Gasteiger partial charge < -0.3 is 10.6 Å². The number of nitrogens with zero attached hydrogens (tertiary/aromatic N) is 6. The van der Waals surface area contributed by atoms with Crippen molar-refractivity contribution in [1.82, 2.24) is 29.5 Å². The number of nitrogens with one attached hydrogen (secondary N) is 1. The van der Waals surface area contributed by atoms with Gasteiger partial charge in [-0.05, 0) is 44.7 Å². The summed E-state index contributed by atoms with van der Waals surface area (Å²) >= 11 is 13.1. The molecule has 4 aromatic rings. The first-order chi connectivity index (χ1) is 15.7. The SMILES string of the molecule is Cn1nc2ccc(-c3n[nH]c4nc(N5[C@@H]6CC[C@H]5C[C@@](C)(N)C6)n(C)c(=O)c34)c(Cl)c2c1Cl. The highest BCUT2D eigenvalue weighted by Gasteiger charge is 2.46. The second-order valence-corrected chi connectivity index (χ2v) is 10.4. The van der Waals surface area contributed by atoms with Crippen LogP contribution in [0.2, 0.25) is 10.2 Å². The van der Waals surface area contributed by atoms with Crippen LogP contribution in [0.4, 0.5) is 5.95 Å². The molecule has 0 amide bonds. The molecule has 2 fully saturated rings. The van der Waals surface area contributed by atoms with Gasteiger partial charge in [-0.1, -0.05) is 23.2 Å². The van der Waals surface area contributed by atoms with Gasteiger partial charge in [-0.3, -0.25) is 19.1 Å². The van der Waals surface area contributed by atoms with E-state index < -0.39 is 0 Å². The Balaban J connectivity index is 1.51. The fraction of sp³-hybridized carbons (Fsp3) is 0.455. The maximum atomic E-state index is 13.6. The average Bonchev–Trinajstić information content (AvgIpc) is 3.38. The standard InChI is InChI=1S/C22H24Cl2N8O/c1-22(25)8-10-4-5-11(9-22)32(10)21-26-19-15(20(33)30(21)2)17(27-28-19)12-6-7-13-14(16(12)23)18(24)31(3)29-13/h6-7,10-11H,4-5,8-9,25H2,1-3H3,(H,27,28)/t10-,11+,22+.